The lowest BCUT2D eigenvalue weighted by Gasteiger charge is -2.35. The zero-order valence-corrected chi connectivity index (χ0v) is 21.8. The number of anilines is 2. The molecule has 0 radical (unpaired) electrons. The van der Waals surface area contributed by atoms with Gasteiger partial charge in [-0.25, -0.2) is 4.90 Å². The van der Waals surface area contributed by atoms with Gasteiger partial charge in [0.2, 0.25) is 17.7 Å². The van der Waals surface area contributed by atoms with Crippen LogP contribution in [0.2, 0.25) is 5.02 Å². The lowest BCUT2D eigenvalue weighted by atomic mass is 9.84. The summed E-state index contributed by atoms with van der Waals surface area (Å²) in [6.07, 6.45) is 3.61. The van der Waals surface area contributed by atoms with Gasteiger partial charge in [0.15, 0.2) is 0 Å². The van der Waals surface area contributed by atoms with Crippen molar-refractivity contribution in [1.82, 2.24) is 4.90 Å². The van der Waals surface area contributed by atoms with Gasteiger partial charge < -0.3 is 10.2 Å². The number of amides is 3. The van der Waals surface area contributed by atoms with Crippen molar-refractivity contribution in [3.8, 4) is 0 Å². The first-order valence-electron chi connectivity index (χ1n) is 12.4. The fraction of sp³-hybridized carbons (Fsp3) is 0.207. The minimum Gasteiger partial charge on any atom is -0.357 e. The molecule has 196 valence electrons. The average molecular weight is 543 g/mol. The number of nitro benzene ring substituents is 1. The Labute approximate surface area is 228 Å². The first kappa shape index (κ1) is 24.8. The number of nitrogens with one attached hydrogen (secondary N) is 1. The zero-order chi connectivity index (χ0) is 27.6. The van der Waals surface area contributed by atoms with Gasteiger partial charge >= 0.3 is 0 Å². The highest BCUT2D eigenvalue weighted by atomic mass is 35.5. The van der Waals surface area contributed by atoms with Crippen LogP contribution >= 0.6 is 11.6 Å². The van der Waals surface area contributed by atoms with Gasteiger partial charge in [0.05, 0.1) is 28.5 Å². The van der Waals surface area contributed by atoms with Gasteiger partial charge in [-0.05, 0) is 66.4 Å². The maximum Gasteiger partial charge on any atom is 0.289 e. The molecule has 9 nitrogen and oxygen atoms in total. The molecule has 6 rings (SSSR count). The van der Waals surface area contributed by atoms with Crippen molar-refractivity contribution < 1.29 is 19.3 Å². The average Bonchev–Trinajstić information content (AvgIpc) is 3.37. The summed E-state index contributed by atoms with van der Waals surface area (Å²) in [5.74, 6) is -3.09. The molecule has 0 aliphatic carbocycles. The second kappa shape index (κ2) is 9.06. The number of halogens is 1. The summed E-state index contributed by atoms with van der Waals surface area (Å²) in [6, 6.07) is 15.6. The summed E-state index contributed by atoms with van der Waals surface area (Å²) in [5.41, 5.74) is 3.89. The Morgan fingerprint density at radius 1 is 0.974 bits per heavy atom. The summed E-state index contributed by atoms with van der Waals surface area (Å²) >= 11 is 5.94. The largest absolute Gasteiger partial charge is 0.357 e. The van der Waals surface area contributed by atoms with Crippen molar-refractivity contribution in [2.75, 3.05) is 10.2 Å². The number of carbonyl (C=O) groups is 3. The van der Waals surface area contributed by atoms with Crippen LogP contribution in [0.15, 0.2) is 66.9 Å². The van der Waals surface area contributed by atoms with Crippen LogP contribution in [0, 0.1) is 35.8 Å². The molecule has 3 aromatic carbocycles. The maximum absolute atomic E-state index is 14.0. The van der Waals surface area contributed by atoms with E-state index in [-0.39, 0.29) is 22.3 Å². The Morgan fingerprint density at radius 3 is 2.38 bits per heavy atom. The first-order valence-corrected chi connectivity index (χ1v) is 12.8. The van der Waals surface area contributed by atoms with E-state index in [9.17, 15) is 24.5 Å². The molecule has 3 aliphatic rings. The number of rotatable bonds is 4. The van der Waals surface area contributed by atoms with Gasteiger partial charge in [0.1, 0.15) is 11.1 Å². The van der Waals surface area contributed by atoms with Crippen LogP contribution in [0.5, 0.6) is 0 Å². The van der Waals surface area contributed by atoms with Gasteiger partial charge in [-0.1, -0.05) is 41.9 Å². The smallest absolute Gasteiger partial charge is 0.289 e. The number of fused-ring (bicyclic) bond motifs is 5. The quantitative estimate of drug-likeness (QED) is 0.281. The first-order chi connectivity index (χ1) is 18.7. The molecule has 3 heterocycles. The van der Waals surface area contributed by atoms with E-state index in [4.69, 9.17) is 11.6 Å². The van der Waals surface area contributed by atoms with E-state index < -0.39 is 40.7 Å². The van der Waals surface area contributed by atoms with Gasteiger partial charge in [-0.2, -0.15) is 0 Å². The number of imide groups is 1. The molecule has 0 aromatic heterocycles. The zero-order valence-electron chi connectivity index (χ0n) is 21.0. The van der Waals surface area contributed by atoms with Crippen LogP contribution in [0.4, 0.5) is 17.1 Å². The highest BCUT2D eigenvalue weighted by Gasteiger charge is 2.64. The van der Waals surface area contributed by atoms with E-state index in [1.165, 1.54) is 23.1 Å². The molecule has 0 bridgehead atoms. The summed E-state index contributed by atoms with van der Waals surface area (Å²) in [4.78, 5) is 55.5. The summed E-state index contributed by atoms with van der Waals surface area (Å²) in [6.45, 7) is 3.79. The van der Waals surface area contributed by atoms with Crippen molar-refractivity contribution in [2.24, 2.45) is 11.8 Å². The number of hydrogen-bond acceptors (Lipinski definition) is 6. The molecular formula is C29H23ClN4O5. The molecule has 0 unspecified atom stereocenters. The highest BCUT2D eigenvalue weighted by Crippen LogP contribution is 2.53. The topological polar surface area (TPSA) is 113 Å². The van der Waals surface area contributed by atoms with E-state index in [1.54, 1.807) is 23.2 Å². The van der Waals surface area contributed by atoms with Gasteiger partial charge in [0.25, 0.3) is 5.69 Å². The van der Waals surface area contributed by atoms with Crippen molar-refractivity contribution in [3.63, 3.8) is 0 Å². The number of benzene rings is 3. The van der Waals surface area contributed by atoms with Crippen molar-refractivity contribution in [3.05, 3.63) is 104 Å². The third-order valence-electron chi connectivity index (χ3n) is 7.61. The summed E-state index contributed by atoms with van der Waals surface area (Å²) in [7, 11) is 0. The van der Waals surface area contributed by atoms with E-state index in [1.807, 2.05) is 50.3 Å². The Bertz CT molecular complexity index is 1600. The minimum absolute atomic E-state index is 0.0600. The lowest BCUT2D eigenvalue weighted by molar-refractivity contribution is -0.384. The van der Waals surface area contributed by atoms with Crippen molar-refractivity contribution >= 4 is 52.5 Å². The van der Waals surface area contributed by atoms with E-state index in [0.29, 0.717) is 5.69 Å². The van der Waals surface area contributed by atoms with Gasteiger partial charge in [-0.3, -0.25) is 24.5 Å². The number of carbonyl (C=O) groups excluding carboxylic acids is 3. The molecule has 2 fully saturated rings. The second-order valence-corrected chi connectivity index (χ2v) is 10.5. The van der Waals surface area contributed by atoms with Crippen molar-refractivity contribution in [1.29, 1.82) is 0 Å². The molecule has 39 heavy (non-hydrogen) atoms. The molecule has 3 aliphatic heterocycles. The number of aryl methyl sites for hydroxylation is 2. The third-order valence-corrected chi connectivity index (χ3v) is 7.92. The van der Waals surface area contributed by atoms with Crippen LogP contribution in [0.3, 0.4) is 0 Å². The molecule has 3 amide bonds. The monoisotopic (exact) mass is 542 g/mol. The molecule has 2 saturated heterocycles. The van der Waals surface area contributed by atoms with E-state index in [2.05, 4.69) is 5.32 Å². The van der Waals surface area contributed by atoms with E-state index >= 15 is 0 Å². The molecule has 3 aromatic rings. The number of nitro groups is 1. The Balaban J connectivity index is 1.43. The van der Waals surface area contributed by atoms with Crippen molar-refractivity contribution in [2.45, 2.75) is 25.9 Å². The van der Waals surface area contributed by atoms with Gasteiger partial charge in [0, 0.05) is 18.0 Å². The Kier molecular flexibility index (Phi) is 5.76. The molecule has 1 N–H and O–H groups in total. The van der Waals surface area contributed by atoms with Crippen LogP contribution in [0.1, 0.15) is 28.3 Å². The number of nitrogens with zero attached hydrogens (tertiary/aromatic N) is 3. The second-order valence-electron chi connectivity index (χ2n) is 10.1. The van der Waals surface area contributed by atoms with Crippen LogP contribution in [0.25, 0.3) is 6.08 Å². The molecule has 0 spiro atoms. The molecule has 4 atom stereocenters. The maximum atomic E-state index is 14.0. The fourth-order valence-corrected chi connectivity index (χ4v) is 6.32. The van der Waals surface area contributed by atoms with Gasteiger partial charge in [-0.15, -0.1) is 0 Å². The molecular weight excluding hydrogens is 520 g/mol. The fourth-order valence-electron chi connectivity index (χ4n) is 6.14. The third kappa shape index (κ3) is 3.88. The summed E-state index contributed by atoms with van der Waals surface area (Å²) < 4.78 is 0. The predicted octanol–water partition coefficient (Wildman–Crippen LogP) is 5.02. The Hall–Kier alpha value is -4.50. The molecule has 0 saturated carbocycles. The van der Waals surface area contributed by atoms with Crippen LogP contribution < -0.4 is 10.2 Å². The van der Waals surface area contributed by atoms with E-state index in [0.717, 1.165) is 22.3 Å². The predicted molar refractivity (Wildman–Crippen MR) is 146 cm³/mol. The number of hydrogen-bond donors (Lipinski definition) is 1. The van der Waals surface area contributed by atoms with Crippen LogP contribution in [-0.4, -0.2) is 33.6 Å². The minimum atomic E-state index is -1.02. The molecule has 10 heteroatoms. The highest BCUT2D eigenvalue weighted by molar-refractivity contribution is 6.32. The standard InChI is InChI=1S/C29H23ClN4O5/c1-15-11-16(2)13-19(12-15)33-28(36)23-24(29(33)37)26(32-10-9-17-5-3-4-6-20(17)25(23)32)27(35)31-18-7-8-21(30)22(14-18)34(38)39/h3-14,23-26H,1-2H3,(H,31,35)/t23-,24-,25-,26+/m1/s1. The normalized spacial score (nSPS) is 22.9. The lowest BCUT2D eigenvalue weighted by Crippen LogP contribution is -2.46. The Morgan fingerprint density at radius 2 is 1.67 bits per heavy atom. The van der Waals surface area contributed by atoms with Crippen LogP contribution in [-0.2, 0) is 14.4 Å². The summed E-state index contributed by atoms with van der Waals surface area (Å²) in [5, 5.41) is 14.0. The SMILES string of the molecule is Cc1cc(C)cc(N2C(=O)[C@@H]3[C@@H](C2=O)[C@H]2c4ccccc4C=CN2[C@@H]3C(=O)Nc2ccc(Cl)c([N+](=O)[O-])c2)c1.